The van der Waals surface area contributed by atoms with Gasteiger partial charge in [-0.05, 0) is 36.8 Å². The predicted molar refractivity (Wildman–Crippen MR) is 113 cm³/mol. The maximum Gasteiger partial charge on any atom is 0.193 e. The minimum Gasteiger partial charge on any atom is -0.465 e. The monoisotopic (exact) mass is 404 g/mol. The van der Waals surface area contributed by atoms with Gasteiger partial charge in [-0.25, -0.2) is 0 Å². The molecule has 1 unspecified atom stereocenters. The zero-order valence-corrected chi connectivity index (χ0v) is 17.6. The number of furan rings is 1. The molecule has 1 atom stereocenters. The molecule has 28 heavy (non-hydrogen) atoms. The molecule has 1 saturated heterocycles. The van der Waals surface area contributed by atoms with Crippen LogP contribution < -0.4 is 5.32 Å². The third kappa shape index (κ3) is 5.50. The Kier molecular flexibility index (Phi) is 7.36. The number of morpholine rings is 1. The van der Waals surface area contributed by atoms with E-state index in [0.29, 0.717) is 6.54 Å². The molecule has 1 N–H and O–H groups in total. The molecular weight excluding hydrogens is 376 g/mol. The van der Waals surface area contributed by atoms with E-state index in [1.54, 1.807) is 0 Å². The Bertz CT molecular complexity index is 769. The summed E-state index contributed by atoms with van der Waals surface area (Å²) in [4.78, 5) is 8.96. The molecule has 0 bridgehead atoms. The number of halogens is 1. The van der Waals surface area contributed by atoms with Crippen molar-refractivity contribution in [3.63, 3.8) is 0 Å². The Morgan fingerprint density at radius 3 is 2.54 bits per heavy atom. The number of ether oxygens (including phenoxy) is 1. The smallest absolute Gasteiger partial charge is 0.193 e. The summed E-state index contributed by atoms with van der Waals surface area (Å²) in [6.07, 6.45) is 0. The standard InChI is InChI=1S/C21H29ClN4O2/c1-16-4-9-20(28-16)19(26-10-12-27-13-11-26)14-24-21(23-2)25(3)15-17-5-7-18(22)8-6-17/h4-9,19H,10-15H2,1-3H3,(H,23,24). The highest BCUT2D eigenvalue weighted by Gasteiger charge is 2.25. The van der Waals surface area contributed by atoms with Crippen molar-refractivity contribution in [3.8, 4) is 0 Å². The molecular formula is C21H29ClN4O2. The second-order valence-electron chi connectivity index (χ2n) is 7.02. The van der Waals surface area contributed by atoms with Crippen LogP contribution in [0.1, 0.15) is 23.1 Å². The van der Waals surface area contributed by atoms with E-state index in [1.165, 1.54) is 5.56 Å². The number of aliphatic imine (C=N–C) groups is 1. The third-order valence-electron chi connectivity index (χ3n) is 4.94. The first-order chi connectivity index (χ1) is 13.6. The van der Waals surface area contributed by atoms with Gasteiger partial charge in [-0.2, -0.15) is 0 Å². The topological polar surface area (TPSA) is 53.2 Å². The van der Waals surface area contributed by atoms with Gasteiger partial charge in [0.1, 0.15) is 11.5 Å². The Hall–Kier alpha value is -2.02. The summed E-state index contributed by atoms with van der Waals surface area (Å²) in [5.41, 5.74) is 1.18. The Morgan fingerprint density at radius 2 is 1.93 bits per heavy atom. The molecule has 1 aromatic heterocycles. The number of benzene rings is 1. The van der Waals surface area contributed by atoms with Gasteiger partial charge in [-0.1, -0.05) is 23.7 Å². The summed E-state index contributed by atoms with van der Waals surface area (Å²) in [5.74, 6) is 2.75. The summed E-state index contributed by atoms with van der Waals surface area (Å²) in [7, 11) is 3.84. The number of guanidine groups is 1. The molecule has 2 heterocycles. The lowest BCUT2D eigenvalue weighted by molar-refractivity contribution is 0.0123. The minimum absolute atomic E-state index is 0.137. The molecule has 7 heteroatoms. The second kappa shape index (κ2) is 9.96. The molecule has 6 nitrogen and oxygen atoms in total. The second-order valence-corrected chi connectivity index (χ2v) is 7.46. The van der Waals surface area contributed by atoms with Crippen LogP contribution in [0.3, 0.4) is 0 Å². The zero-order valence-electron chi connectivity index (χ0n) is 16.8. The minimum atomic E-state index is 0.137. The number of hydrogen-bond acceptors (Lipinski definition) is 4. The summed E-state index contributed by atoms with van der Waals surface area (Å²) in [5, 5.41) is 4.26. The molecule has 2 aromatic rings. The number of nitrogens with zero attached hydrogens (tertiary/aromatic N) is 3. The summed E-state index contributed by atoms with van der Waals surface area (Å²) in [6, 6.07) is 12.1. The number of nitrogens with one attached hydrogen (secondary N) is 1. The Balaban J connectivity index is 1.65. The van der Waals surface area contributed by atoms with Gasteiger partial charge in [-0.15, -0.1) is 0 Å². The third-order valence-corrected chi connectivity index (χ3v) is 5.19. The van der Waals surface area contributed by atoms with Crippen LogP contribution in [0.15, 0.2) is 45.8 Å². The van der Waals surface area contributed by atoms with Crippen molar-refractivity contribution < 1.29 is 9.15 Å². The molecule has 1 aliphatic heterocycles. The van der Waals surface area contributed by atoms with Crippen molar-refractivity contribution in [2.45, 2.75) is 19.5 Å². The van der Waals surface area contributed by atoms with Gasteiger partial charge in [0, 0.05) is 45.3 Å². The molecule has 0 amide bonds. The maximum atomic E-state index is 5.98. The van der Waals surface area contributed by atoms with Crippen molar-refractivity contribution >= 4 is 17.6 Å². The summed E-state index contributed by atoms with van der Waals surface area (Å²) >= 11 is 5.98. The quantitative estimate of drug-likeness (QED) is 0.591. The van der Waals surface area contributed by atoms with Crippen LogP contribution >= 0.6 is 11.6 Å². The van der Waals surface area contributed by atoms with E-state index in [1.807, 2.05) is 51.4 Å². The van der Waals surface area contributed by atoms with Gasteiger partial charge in [0.2, 0.25) is 0 Å². The first-order valence-electron chi connectivity index (χ1n) is 9.61. The molecule has 0 saturated carbocycles. The van der Waals surface area contributed by atoms with E-state index in [9.17, 15) is 0 Å². The van der Waals surface area contributed by atoms with Crippen LogP contribution in [0.5, 0.6) is 0 Å². The highest BCUT2D eigenvalue weighted by atomic mass is 35.5. The van der Waals surface area contributed by atoms with Crippen molar-refractivity contribution in [2.75, 3.05) is 46.9 Å². The summed E-state index contributed by atoms with van der Waals surface area (Å²) in [6.45, 7) is 6.73. The zero-order chi connectivity index (χ0) is 19.9. The number of hydrogen-bond donors (Lipinski definition) is 1. The molecule has 1 aliphatic rings. The van der Waals surface area contributed by atoms with E-state index < -0.39 is 0 Å². The van der Waals surface area contributed by atoms with Crippen molar-refractivity contribution in [3.05, 3.63) is 58.5 Å². The fourth-order valence-corrected chi connectivity index (χ4v) is 3.57. The van der Waals surface area contributed by atoms with Crippen molar-refractivity contribution in [1.29, 1.82) is 0 Å². The van der Waals surface area contributed by atoms with Gasteiger partial charge < -0.3 is 19.4 Å². The Labute approximate surface area is 172 Å². The molecule has 1 fully saturated rings. The average molecular weight is 405 g/mol. The van der Waals surface area contributed by atoms with Gasteiger partial charge in [0.05, 0.1) is 19.3 Å². The number of rotatable bonds is 6. The maximum absolute atomic E-state index is 5.98. The summed E-state index contributed by atoms with van der Waals surface area (Å²) < 4.78 is 11.5. The van der Waals surface area contributed by atoms with E-state index in [4.69, 9.17) is 20.8 Å². The molecule has 152 valence electrons. The van der Waals surface area contributed by atoms with E-state index in [-0.39, 0.29) is 6.04 Å². The molecule has 0 aliphatic carbocycles. The fraction of sp³-hybridized carbons (Fsp3) is 0.476. The highest BCUT2D eigenvalue weighted by molar-refractivity contribution is 6.30. The van der Waals surface area contributed by atoms with Crippen molar-refractivity contribution in [2.24, 2.45) is 4.99 Å². The van der Waals surface area contributed by atoms with Crippen LogP contribution in [0, 0.1) is 6.92 Å². The predicted octanol–water partition coefficient (Wildman–Crippen LogP) is 3.32. The van der Waals surface area contributed by atoms with Gasteiger partial charge in [-0.3, -0.25) is 9.89 Å². The largest absolute Gasteiger partial charge is 0.465 e. The van der Waals surface area contributed by atoms with Gasteiger partial charge in [0.25, 0.3) is 0 Å². The van der Waals surface area contributed by atoms with Gasteiger partial charge in [0.15, 0.2) is 5.96 Å². The normalized spacial score (nSPS) is 16.8. The van der Waals surface area contributed by atoms with Crippen LogP contribution in [0.4, 0.5) is 0 Å². The Morgan fingerprint density at radius 1 is 1.21 bits per heavy atom. The van der Waals surface area contributed by atoms with Crippen LogP contribution in [-0.2, 0) is 11.3 Å². The lowest BCUT2D eigenvalue weighted by Gasteiger charge is -2.34. The molecule has 0 radical (unpaired) electrons. The first kappa shape index (κ1) is 20.7. The lowest BCUT2D eigenvalue weighted by Crippen LogP contribution is -2.46. The van der Waals surface area contributed by atoms with Gasteiger partial charge >= 0.3 is 0 Å². The first-order valence-corrected chi connectivity index (χ1v) is 9.99. The lowest BCUT2D eigenvalue weighted by atomic mass is 10.1. The SMILES string of the molecule is CN=C(NCC(c1ccc(C)o1)N1CCOCC1)N(C)Cc1ccc(Cl)cc1. The van der Waals surface area contributed by atoms with Crippen LogP contribution in [-0.4, -0.2) is 62.7 Å². The molecule has 3 rings (SSSR count). The average Bonchev–Trinajstić information content (AvgIpc) is 3.13. The van der Waals surface area contributed by atoms with E-state index in [2.05, 4.69) is 26.2 Å². The van der Waals surface area contributed by atoms with Crippen LogP contribution in [0.2, 0.25) is 5.02 Å². The van der Waals surface area contributed by atoms with Crippen molar-refractivity contribution in [1.82, 2.24) is 15.1 Å². The molecule has 1 aromatic carbocycles. The number of aryl methyl sites for hydroxylation is 1. The van der Waals surface area contributed by atoms with E-state index in [0.717, 1.165) is 55.4 Å². The van der Waals surface area contributed by atoms with Crippen LogP contribution in [0.25, 0.3) is 0 Å². The fourth-order valence-electron chi connectivity index (χ4n) is 3.44. The highest BCUT2D eigenvalue weighted by Crippen LogP contribution is 2.23. The molecule has 0 spiro atoms. The van der Waals surface area contributed by atoms with E-state index >= 15 is 0 Å².